The number of hydrogen-bond donors (Lipinski definition) is 0. The van der Waals surface area contributed by atoms with Crippen molar-refractivity contribution in [1.82, 2.24) is 14.5 Å². The highest BCUT2D eigenvalue weighted by Crippen LogP contribution is 2.61. The summed E-state index contributed by atoms with van der Waals surface area (Å²) in [5.41, 5.74) is 1.77. The Morgan fingerprint density at radius 2 is 1.95 bits per heavy atom. The average Bonchev–Trinajstić information content (AvgIpc) is 3.20. The Hall–Kier alpha value is -1.72. The van der Waals surface area contributed by atoms with E-state index in [1.54, 1.807) is 11.1 Å². The molecule has 0 radical (unpaired) electrons. The van der Waals surface area contributed by atoms with E-state index in [-0.39, 0.29) is 48.6 Å². The lowest BCUT2D eigenvalue weighted by atomic mass is 10.0. The van der Waals surface area contributed by atoms with E-state index in [0.717, 1.165) is 42.0 Å². The van der Waals surface area contributed by atoms with Crippen molar-refractivity contribution in [3.8, 4) is 0 Å². The summed E-state index contributed by atoms with van der Waals surface area (Å²) in [6.07, 6.45) is 4.04. The number of likely N-dealkylation sites (tertiary alicyclic amines) is 1. The Morgan fingerprint density at radius 1 is 1.23 bits per heavy atom. The zero-order valence-electron chi connectivity index (χ0n) is 24.6. The van der Waals surface area contributed by atoms with Gasteiger partial charge in [0.25, 0.3) is 0 Å². The molecule has 3 fully saturated rings. The predicted octanol–water partition coefficient (Wildman–Crippen LogP) is 6.76. The molecule has 1 saturated carbocycles. The molecule has 2 aliphatic heterocycles. The second kappa shape index (κ2) is 11.5. The minimum atomic E-state index is -1.29. The topological polar surface area (TPSA) is 75.0 Å². The summed E-state index contributed by atoms with van der Waals surface area (Å²) in [7, 11) is -1.29. The molecule has 0 spiro atoms. The number of carbonyl (C=O) groups is 1. The number of rotatable bonds is 9. The number of fused-ring (bicyclic) bond motifs is 2. The summed E-state index contributed by atoms with van der Waals surface area (Å²) in [6.45, 7) is 15.5. The van der Waals surface area contributed by atoms with E-state index >= 15 is 4.39 Å². The Kier molecular flexibility index (Phi) is 8.57. The monoisotopic (exact) mass is 595 g/mol. The second-order valence-electron chi connectivity index (χ2n) is 13.6. The van der Waals surface area contributed by atoms with Crippen LogP contribution in [-0.2, 0) is 32.3 Å². The molecule has 2 aromatic rings. The predicted molar refractivity (Wildman–Crippen MR) is 155 cm³/mol. The van der Waals surface area contributed by atoms with Crippen LogP contribution in [0.1, 0.15) is 57.2 Å². The first-order chi connectivity index (χ1) is 18.8. The van der Waals surface area contributed by atoms with Crippen LogP contribution < -0.4 is 0 Å². The van der Waals surface area contributed by atoms with Gasteiger partial charge in [-0.15, -0.1) is 0 Å². The highest BCUT2D eigenvalue weighted by Gasteiger charge is 2.59. The van der Waals surface area contributed by atoms with Gasteiger partial charge in [-0.1, -0.05) is 31.2 Å². The normalized spacial score (nSPS) is 24.9. The molecule has 40 heavy (non-hydrogen) atoms. The van der Waals surface area contributed by atoms with E-state index in [4.69, 9.17) is 30.5 Å². The maximum absolute atomic E-state index is 15.6. The molecular weight excluding hydrogens is 553 g/mol. The van der Waals surface area contributed by atoms with Crippen LogP contribution in [-0.4, -0.2) is 66.8 Å². The van der Waals surface area contributed by atoms with Crippen LogP contribution in [0.5, 0.6) is 0 Å². The molecule has 1 aliphatic carbocycles. The molecular formula is C29H43ClFN3O5Si. The molecule has 3 aliphatic rings. The molecule has 4 heterocycles. The molecule has 0 N–H and O–H groups in total. The third-order valence-corrected chi connectivity index (χ3v) is 10.1. The van der Waals surface area contributed by atoms with Gasteiger partial charge in [0.2, 0.25) is 0 Å². The Bertz CT molecular complexity index is 1230. The van der Waals surface area contributed by atoms with Crippen molar-refractivity contribution in [3.05, 3.63) is 28.4 Å². The molecule has 3 atom stereocenters. The number of piperidine rings is 1. The highest BCUT2D eigenvalue weighted by molar-refractivity contribution is 6.76. The average molecular weight is 596 g/mol. The van der Waals surface area contributed by atoms with Gasteiger partial charge in [0.15, 0.2) is 17.3 Å². The first-order valence-corrected chi connectivity index (χ1v) is 18.6. The smallest absolute Gasteiger partial charge is 0.410 e. The molecule has 0 aromatic carbocycles. The van der Waals surface area contributed by atoms with E-state index in [9.17, 15) is 4.79 Å². The number of amides is 1. The van der Waals surface area contributed by atoms with Crippen molar-refractivity contribution in [2.45, 2.75) is 96.9 Å². The van der Waals surface area contributed by atoms with E-state index in [1.165, 1.54) is 0 Å². The summed E-state index contributed by atoms with van der Waals surface area (Å²) in [6, 6.07) is 1.01. The van der Waals surface area contributed by atoms with Gasteiger partial charge < -0.3 is 28.4 Å². The van der Waals surface area contributed by atoms with Gasteiger partial charge in [-0.25, -0.2) is 14.2 Å². The quantitative estimate of drug-likeness (QED) is 0.181. The number of ether oxygens (including phenoxy) is 4. The summed E-state index contributed by atoms with van der Waals surface area (Å²) in [5, 5.41) is 0.581. The third kappa shape index (κ3) is 6.51. The van der Waals surface area contributed by atoms with Crippen molar-refractivity contribution in [2.75, 3.05) is 26.3 Å². The van der Waals surface area contributed by atoms with Crippen molar-refractivity contribution in [2.24, 2.45) is 11.8 Å². The Labute approximate surface area is 242 Å². The van der Waals surface area contributed by atoms with Crippen LogP contribution in [0.25, 0.3) is 10.9 Å². The van der Waals surface area contributed by atoms with Gasteiger partial charge in [-0.3, -0.25) is 0 Å². The van der Waals surface area contributed by atoms with Crippen LogP contribution in [0.15, 0.2) is 6.20 Å². The van der Waals surface area contributed by atoms with Crippen molar-refractivity contribution in [3.63, 3.8) is 0 Å². The number of aromatic nitrogens is 2. The number of nitrogens with zero attached hydrogens (tertiary/aromatic N) is 3. The zero-order chi connectivity index (χ0) is 28.8. The van der Waals surface area contributed by atoms with Gasteiger partial charge in [0.1, 0.15) is 12.3 Å². The zero-order valence-corrected chi connectivity index (χ0v) is 26.4. The second-order valence-corrected chi connectivity index (χ2v) is 19.6. The molecule has 8 nitrogen and oxygen atoms in total. The van der Waals surface area contributed by atoms with Gasteiger partial charge >= 0.3 is 6.09 Å². The van der Waals surface area contributed by atoms with Crippen molar-refractivity contribution < 1.29 is 28.1 Å². The molecule has 5 rings (SSSR count). The summed E-state index contributed by atoms with van der Waals surface area (Å²) in [4.78, 5) is 18.7. The molecule has 222 valence electrons. The van der Waals surface area contributed by atoms with E-state index < -0.39 is 19.5 Å². The van der Waals surface area contributed by atoms with E-state index in [0.29, 0.717) is 31.8 Å². The molecule has 3 unspecified atom stereocenters. The van der Waals surface area contributed by atoms with E-state index in [1.807, 2.05) is 25.3 Å². The number of carbonyl (C=O) groups excluding carboxylic acids is 1. The van der Waals surface area contributed by atoms with Crippen LogP contribution in [0.2, 0.25) is 30.8 Å². The Morgan fingerprint density at radius 3 is 2.58 bits per heavy atom. The lowest BCUT2D eigenvalue weighted by Gasteiger charge is -2.26. The lowest BCUT2D eigenvalue weighted by Crippen LogP contribution is -2.36. The summed E-state index contributed by atoms with van der Waals surface area (Å²) >= 11 is 6.19. The largest absolute Gasteiger partial charge is 0.444 e. The first-order valence-electron chi connectivity index (χ1n) is 14.5. The van der Waals surface area contributed by atoms with Crippen LogP contribution in [0, 0.1) is 17.7 Å². The standard InChI is InChI=1S/C29H43ClFN3O5Si/c1-29(2,3)39-28(35)33-14-19-20(15-33)23(19)24-18-13-32-27(30)25(31)26(18)34(17-36-11-12-40(4,5)6)21(24)16-38-22-9-7-8-10-37-22/h13,19-20,22-23H,7-12,14-17H2,1-6H3. The number of halogens is 2. The molecule has 0 bridgehead atoms. The molecule has 11 heteroatoms. The Balaban J connectivity index is 1.45. The van der Waals surface area contributed by atoms with Gasteiger partial charge in [-0.05, 0) is 69.4 Å². The van der Waals surface area contributed by atoms with Crippen LogP contribution >= 0.6 is 11.6 Å². The molecule has 2 saturated heterocycles. The SMILES string of the molecule is CC(C)(C)OC(=O)N1CC2C(C1)C2c1c(COC2CCCCO2)n(COCC[Si](C)(C)C)c2c(F)c(Cl)ncc12. The highest BCUT2D eigenvalue weighted by atomic mass is 35.5. The lowest BCUT2D eigenvalue weighted by molar-refractivity contribution is -0.170. The fraction of sp³-hybridized carbons (Fsp3) is 0.724. The van der Waals surface area contributed by atoms with Gasteiger partial charge in [0, 0.05) is 46.0 Å². The summed E-state index contributed by atoms with van der Waals surface area (Å²) in [5.74, 6) is 0.152. The van der Waals surface area contributed by atoms with Crippen LogP contribution in [0.4, 0.5) is 9.18 Å². The van der Waals surface area contributed by atoms with Crippen LogP contribution in [0.3, 0.4) is 0 Å². The van der Waals surface area contributed by atoms with Gasteiger partial charge in [0.05, 0.1) is 17.8 Å². The van der Waals surface area contributed by atoms with Gasteiger partial charge in [-0.2, -0.15) is 0 Å². The third-order valence-electron chi connectivity index (χ3n) is 8.09. The van der Waals surface area contributed by atoms with E-state index in [2.05, 4.69) is 24.6 Å². The molecule has 1 amide bonds. The maximum Gasteiger partial charge on any atom is 0.410 e. The minimum Gasteiger partial charge on any atom is -0.444 e. The first kappa shape index (κ1) is 29.8. The minimum absolute atomic E-state index is 0.157. The van der Waals surface area contributed by atoms with Crippen molar-refractivity contribution in [1.29, 1.82) is 0 Å². The fourth-order valence-electron chi connectivity index (χ4n) is 6.00. The number of pyridine rings is 1. The fourth-order valence-corrected chi connectivity index (χ4v) is 6.90. The molecule has 2 aromatic heterocycles. The number of hydrogen-bond acceptors (Lipinski definition) is 6. The van der Waals surface area contributed by atoms with Crippen molar-refractivity contribution >= 4 is 36.7 Å². The maximum atomic E-state index is 15.6. The summed E-state index contributed by atoms with van der Waals surface area (Å²) < 4.78 is 41.4.